The van der Waals surface area contributed by atoms with E-state index in [1.54, 1.807) is 11.8 Å². The van der Waals surface area contributed by atoms with Crippen molar-refractivity contribution in [2.45, 2.75) is 59.0 Å². The molecule has 0 aliphatic carbocycles. The monoisotopic (exact) mass is 763 g/mol. The molecule has 2 atom stereocenters. The zero-order chi connectivity index (χ0) is 39.6. The maximum absolute atomic E-state index is 11.8. The van der Waals surface area contributed by atoms with E-state index in [1.807, 2.05) is 29.8 Å². The number of unbranched alkanes of at least 4 members (excludes halogenated alkanes) is 1. The van der Waals surface area contributed by atoms with Crippen molar-refractivity contribution in [3.05, 3.63) is 35.9 Å². The molecule has 8 amide bonds. The number of nitrogens with one attached hydrogen (secondary N) is 7. The standard InChI is InChI=1S/C14H26N6O6S.C7H8.C6H9ClN2O3.C4H11N/c1-8(13(24)17-5-10(21)16-7-12(23)20-26)19-11(22)6-18-14(25)9(15)3-4-27-2;1-7-5-3-2-4-6-7;1-4(10)9-6(12)3-8-5(11)2-7;1-2-3-4-5/h8-9,26H,3-7,15H2,1-2H3,(H,16,21)(H,17,24)(H,18,25)(H,19,22)(H,20,23);2-6H,1H3;2-3H2,1H3,(H,8,11)(H,9,10,12);2-5H2,1H3. The van der Waals surface area contributed by atoms with Gasteiger partial charge < -0.3 is 38.1 Å². The van der Waals surface area contributed by atoms with E-state index in [9.17, 15) is 38.4 Å². The first kappa shape index (κ1) is 51.1. The maximum Gasteiger partial charge on any atom is 0.262 e. The quantitative estimate of drug-likeness (QED) is 0.0476. The highest BCUT2D eigenvalue weighted by Gasteiger charge is 2.18. The molecule has 0 heterocycles. The first-order valence-corrected chi connectivity index (χ1v) is 17.6. The Morgan fingerprint density at radius 3 is 1.80 bits per heavy atom. The summed E-state index contributed by atoms with van der Waals surface area (Å²) in [4.78, 5) is 88.9. The van der Waals surface area contributed by atoms with E-state index >= 15 is 0 Å². The molecule has 1 aromatic carbocycles. The van der Waals surface area contributed by atoms with Gasteiger partial charge in [-0.25, -0.2) is 5.48 Å². The van der Waals surface area contributed by atoms with E-state index in [0.717, 1.165) is 12.3 Å². The highest BCUT2D eigenvalue weighted by Crippen LogP contribution is 1.98. The second-order valence-corrected chi connectivity index (χ2v) is 11.5. The number of hydrogen-bond acceptors (Lipinski definition) is 12. The predicted molar refractivity (Wildman–Crippen MR) is 195 cm³/mol. The van der Waals surface area contributed by atoms with Crippen molar-refractivity contribution in [3.8, 4) is 0 Å². The van der Waals surface area contributed by atoms with Crippen molar-refractivity contribution in [2.75, 3.05) is 50.6 Å². The number of carbonyl (C=O) groups excluding carboxylic acids is 8. The van der Waals surface area contributed by atoms with Gasteiger partial charge in [-0.15, -0.1) is 11.6 Å². The summed E-state index contributed by atoms with van der Waals surface area (Å²) >= 11 is 6.68. The molecule has 0 spiro atoms. The number of rotatable bonds is 17. The van der Waals surface area contributed by atoms with E-state index in [4.69, 9.17) is 28.3 Å². The summed E-state index contributed by atoms with van der Waals surface area (Å²) in [5.74, 6) is -4.09. The van der Waals surface area contributed by atoms with E-state index in [-0.39, 0.29) is 19.0 Å². The molecule has 1 aromatic rings. The lowest BCUT2D eigenvalue weighted by Crippen LogP contribution is -2.51. The van der Waals surface area contributed by atoms with Crippen LogP contribution < -0.4 is 48.8 Å². The molecular formula is C31H54ClN9O9S. The first-order valence-electron chi connectivity index (χ1n) is 15.7. The lowest BCUT2D eigenvalue weighted by Gasteiger charge is -2.15. The Morgan fingerprint density at radius 1 is 0.824 bits per heavy atom. The SMILES string of the molecule is CC(=O)NC(=O)CNC(=O)CCl.CCCCN.CSCCC(N)C(=O)NCC(=O)NC(C)C(=O)NCC(=O)NCC(=O)NO.Cc1ccccc1. The van der Waals surface area contributed by atoms with Crippen LogP contribution in [0, 0.1) is 6.92 Å². The zero-order valence-corrected chi connectivity index (χ0v) is 31.3. The Balaban J connectivity index is -0.000000773. The molecule has 1 rings (SSSR count). The van der Waals surface area contributed by atoms with Crippen molar-refractivity contribution in [1.82, 2.24) is 37.4 Å². The smallest absolute Gasteiger partial charge is 0.262 e. The van der Waals surface area contributed by atoms with Gasteiger partial charge in [0.25, 0.3) is 5.91 Å². The third kappa shape index (κ3) is 35.3. The second kappa shape index (κ2) is 34.2. The number of nitrogens with two attached hydrogens (primary N) is 2. The number of hydroxylamine groups is 1. The summed E-state index contributed by atoms with van der Waals surface area (Å²) < 4.78 is 0. The minimum Gasteiger partial charge on any atom is -0.346 e. The molecular weight excluding hydrogens is 710 g/mol. The van der Waals surface area contributed by atoms with Crippen LogP contribution in [0.15, 0.2) is 30.3 Å². The van der Waals surface area contributed by atoms with Crippen LogP contribution in [0.4, 0.5) is 0 Å². The van der Waals surface area contributed by atoms with Gasteiger partial charge in [-0.3, -0.25) is 48.9 Å². The fourth-order valence-corrected chi connectivity index (χ4v) is 3.42. The minimum atomic E-state index is -0.951. The summed E-state index contributed by atoms with van der Waals surface area (Å²) in [6.07, 6.45) is 4.76. The van der Waals surface area contributed by atoms with Crippen LogP contribution in [0.1, 0.15) is 45.6 Å². The second-order valence-electron chi connectivity index (χ2n) is 10.2. The molecule has 290 valence electrons. The van der Waals surface area contributed by atoms with Gasteiger partial charge in [0.05, 0.1) is 32.2 Å². The van der Waals surface area contributed by atoms with Crippen LogP contribution in [0.3, 0.4) is 0 Å². The summed E-state index contributed by atoms with van der Waals surface area (Å²) in [6.45, 7) is 6.24. The van der Waals surface area contributed by atoms with Crippen molar-refractivity contribution in [1.29, 1.82) is 0 Å². The summed E-state index contributed by atoms with van der Waals surface area (Å²) in [7, 11) is 0. The number of halogens is 1. The van der Waals surface area contributed by atoms with Crippen LogP contribution in [0.5, 0.6) is 0 Å². The third-order valence-electron chi connectivity index (χ3n) is 5.54. The topological polar surface area (TPSA) is 293 Å². The van der Waals surface area contributed by atoms with Gasteiger partial charge in [0.1, 0.15) is 11.9 Å². The lowest BCUT2D eigenvalue weighted by molar-refractivity contribution is -0.132. The summed E-state index contributed by atoms with van der Waals surface area (Å²) in [6, 6.07) is 8.60. The molecule has 0 fully saturated rings. The number of thioether (sulfide) groups is 1. The van der Waals surface area contributed by atoms with E-state index in [0.29, 0.717) is 6.42 Å². The Kier molecular flexibility index (Phi) is 34.2. The van der Waals surface area contributed by atoms with Crippen molar-refractivity contribution in [2.24, 2.45) is 11.5 Å². The van der Waals surface area contributed by atoms with Crippen LogP contribution in [-0.4, -0.2) is 115 Å². The molecule has 18 nitrogen and oxygen atoms in total. The van der Waals surface area contributed by atoms with Gasteiger partial charge in [0, 0.05) is 6.92 Å². The van der Waals surface area contributed by atoms with Crippen molar-refractivity contribution in [3.63, 3.8) is 0 Å². The largest absolute Gasteiger partial charge is 0.346 e. The average Bonchev–Trinajstić information content (AvgIpc) is 3.10. The normalized spacial score (nSPS) is 10.6. The molecule has 0 aliphatic rings. The number of imide groups is 1. The van der Waals surface area contributed by atoms with Gasteiger partial charge in [-0.2, -0.15) is 11.8 Å². The third-order valence-corrected chi connectivity index (χ3v) is 6.43. The van der Waals surface area contributed by atoms with Crippen molar-refractivity contribution >= 4 is 70.6 Å². The fourth-order valence-electron chi connectivity index (χ4n) is 2.84. The van der Waals surface area contributed by atoms with E-state index < -0.39 is 72.4 Å². The maximum atomic E-state index is 11.8. The molecule has 0 bridgehead atoms. The molecule has 0 saturated carbocycles. The van der Waals surface area contributed by atoms with Gasteiger partial charge >= 0.3 is 0 Å². The van der Waals surface area contributed by atoms with Crippen LogP contribution in [-0.2, 0) is 38.4 Å². The number of alkyl halides is 1. The molecule has 0 aromatic heterocycles. The van der Waals surface area contributed by atoms with Crippen molar-refractivity contribution < 1.29 is 43.6 Å². The predicted octanol–water partition coefficient (Wildman–Crippen LogP) is -1.83. The van der Waals surface area contributed by atoms with Crippen LogP contribution in [0.2, 0.25) is 0 Å². The number of hydrogen-bond donors (Lipinski definition) is 10. The molecule has 51 heavy (non-hydrogen) atoms. The minimum absolute atomic E-state index is 0.201. The average molecular weight is 764 g/mol. The van der Waals surface area contributed by atoms with E-state index in [2.05, 4.69) is 52.6 Å². The Hall–Kier alpha value is -4.30. The number of amides is 8. The van der Waals surface area contributed by atoms with Gasteiger partial charge in [-0.05, 0) is 45.2 Å². The lowest BCUT2D eigenvalue weighted by atomic mass is 10.2. The van der Waals surface area contributed by atoms with Crippen LogP contribution >= 0.6 is 23.4 Å². The van der Waals surface area contributed by atoms with Crippen LogP contribution in [0.25, 0.3) is 0 Å². The number of benzene rings is 1. The molecule has 0 saturated heterocycles. The van der Waals surface area contributed by atoms with Gasteiger partial charge in [-0.1, -0.05) is 49.2 Å². The molecule has 0 radical (unpaired) electrons. The Morgan fingerprint density at radius 2 is 1.35 bits per heavy atom. The Labute approximate surface area is 308 Å². The molecule has 12 N–H and O–H groups in total. The highest BCUT2D eigenvalue weighted by molar-refractivity contribution is 7.98. The first-order chi connectivity index (χ1) is 24.1. The molecule has 2 unspecified atom stereocenters. The molecule has 20 heteroatoms. The summed E-state index contributed by atoms with van der Waals surface area (Å²) in [5.41, 5.74) is 13.5. The number of aryl methyl sites for hydroxylation is 1. The number of carbonyl (C=O) groups is 8. The van der Waals surface area contributed by atoms with E-state index in [1.165, 1.54) is 37.7 Å². The fraction of sp³-hybridized carbons (Fsp3) is 0.548. The zero-order valence-electron chi connectivity index (χ0n) is 29.8. The van der Waals surface area contributed by atoms with Gasteiger partial charge in [0.2, 0.25) is 41.4 Å². The van der Waals surface area contributed by atoms with Gasteiger partial charge in [0.15, 0.2) is 0 Å². The summed E-state index contributed by atoms with van der Waals surface area (Å²) in [5, 5.41) is 21.6. The molecule has 0 aliphatic heterocycles. The highest BCUT2D eigenvalue weighted by atomic mass is 35.5. The Bertz CT molecular complexity index is 1200.